The maximum atomic E-state index is 14.1. The van der Waals surface area contributed by atoms with E-state index in [9.17, 15) is 4.79 Å². The molecule has 1 aromatic heterocycles. The lowest BCUT2D eigenvalue weighted by atomic mass is 9.98. The minimum atomic E-state index is 0.0590. The van der Waals surface area contributed by atoms with Crippen molar-refractivity contribution in [3.8, 4) is 27.9 Å². The Bertz CT molecular complexity index is 2750. The Morgan fingerprint density at radius 3 is 2.00 bits per heavy atom. The summed E-state index contributed by atoms with van der Waals surface area (Å²) in [7, 11) is 0. The molecule has 0 bridgehead atoms. The highest BCUT2D eigenvalue weighted by Crippen LogP contribution is 2.46. The van der Waals surface area contributed by atoms with Crippen molar-refractivity contribution in [2.75, 3.05) is 4.90 Å². The third-order valence-corrected chi connectivity index (χ3v) is 10.6. The van der Waals surface area contributed by atoms with Crippen LogP contribution in [0.4, 0.5) is 17.1 Å². The maximum Gasteiger partial charge on any atom is 0.196 e. The van der Waals surface area contributed by atoms with Crippen LogP contribution in [0.3, 0.4) is 0 Å². The van der Waals surface area contributed by atoms with Crippen LogP contribution in [0, 0.1) is 0 Å². The largest absolute Gasteiger partial charge is 0.310 e. The first kappa shape index (κ1) is 32.9. The number of carbonyl (C=O) groups excluding carboxylic acids is 1. The van der Waals surface area contributed by atoms with E-state index in [-0.39, 0.29) is 11.7 Å². The van der Waals surface area contributed by atoms with Gasteiger partial charge in [-0.15, -0.1) is 0 Å². The van der Waals surface area contributed by atoms with Gasteiger partial charge in [-0.05, 0) is 94.4 Å². The van der Waals surface area contributed by atoms with Crippen molar-refractivity contribution in [2.45, 2.75) is 12.8 Å². The average molecular weight is 695 g/mol. The number of carbonyl (C=O) groups is 1. The lowest BCUT2D eigenvalue weighted by Crippen LogP contribution is -2.14. The van der Waals surface area contributed by atoms with Gasteiger partial charge in [-0.3, -0.25) is 4.79 Å². The Morgan fingerprint density at radius 2 is 1.22 bits per heavy atom. The molecule has 0 N–H and O–H groups in total. The molecule has 1 atom stereocenters. The van der Waals surface area contributed by atoms with E-state index in [0.717, 1.165) is 56.1 Å². The van der Waals surface area contributed by atoms with Crippen molar-refractivity contribution in [2.24, 2.45) is 0 Å². The zero-order valence-corrected chi connectivity index (χ0v) is 30.1. The van der Waals surface area contributed by atoms with Crippen LogP contribution in [0.5, 0.6) is 0 Å². The molecule has 0 saturated carbocycles. The summed E-state index contributed by atoms with van der Waals surface area (Å²) in [4.78, 5) is 16.3. The molecule has 0 fully saturated rings. The van der Waals surface area contributed by atoms with Crippen molar-refractivity contribution in [3.63, 3.8) is 0 Å². The second kappa shape index (κ2) is 13.9. The van der Waals surface area contributed by atoms with Crippen molar-refractivity contribution < 1.29 is 4.79 Å². The molecule has 1 aliphatic rings. The highest BCUT2D eigenvalue weighted by molar-refractivity contribution is 6.25. The van der Waals surface area contributed by atoms with Crippen molar-refractivity contribution in [1.82, 2.24) is 4.57 Å². The van der Waals surface area contributed by atoms with Crippen molar-refractivity contribution >= 4 is 44.7 Å². The van der Waals surface area contributed by atoms with Crippen molar-refractivity contribution in [3.05, 3.63) is 217 Å². The number of nitrogens with zero attached hydrogens (tertiary/aromatic N) is 2. The number of allylic oxidation sites excluding steroid dienone is 5. The summed E-state index contributed by atoms with van der Waals surface area (Å²) in [5.41, 5.74) is 13.3. The molecule has 7 aromatic carbocycles. The van der Waals surface area contributed by atoms with Crippen LogP contribution in [0.1, 0.15) is 34.3 Å². The molecule has 0 aliphatic heterocycles. The summed E-state index contributed by atoms with van der Waals surface area (Å²) in [6.07, 6.45) is 9.94. The van der Waals surface area contributed by atoms with Crippen LogP contribution in [0.15, 0.2) is 201 Å². The number of hydrogen-bond acceptors (Lipinski definition) is 2. The molecular formula is C51H38N2O. The van der Waals surface area contributed by atoms with E-state index in [4.69, 9.17) is 0 Å². The summed E-state index contributed by atoms with van der Waals surface area (Å²) in [6.45, 7) is 5.95. The Hall–Kier alpha value is -6.97. The lowest BCUT2D eigenvalue weighted by Gasteiger charge is -2.28. The summed E-state index contributed by atoms with van der Waals surface area (Å²) in [5.74, 6) is 0.293. The predicted octanol–water partition coefficient (Wildman–Crippen LogP) is 13.5. The fourth-order valence-corrected chi connectivity index (χ4v) is 7.89. The van der Waals surface area contributed by atoms with Crippen molar-refractivity contribution in [1.29, 1.82) is 0 Å². The molecule has 0 radical (unpaired) electrons. The number of anilines is 3. The Kier molecular flexibility index (Phi) is 8.45. The van der Waals surface area contributed by atoms with Gasteiger partial charge in [-0.2, -0.15) is 0 Å². The number of hydrogen-bond donors (Lipinski definition) is 0. The summed E-state index contributed by atoms with van der Waals surface area (Å²) in [6, 6.07) is 57.5. The second-order valence-electron chi connectivity index (χ2n) is 13.8. The third kappa shape index (κ3) is 5.67. The van der Waals surface area contributed by atoms with E-state index in [1.807, 2.05) is 36.4 Å². The highest BCUT2D eigenvalue weighted by Gasteiger charge is 2.31. The fourth-order valence-electron chi connectivity index (χ4n) is 7.89. The van der Waals surface area contributed by atoms with E-state index in [1.54, 1.807) is 6.08 Å². The normalized spacial score (nSPS) is 12.8. The van der Waals surface area contributed by atoms with E-state index < -0.39 is 0 Å². The van der Waals surface area contributed by atoms with E-state index in [2.05, 4.69) is 175 Å². The number of aromatic nitrogens is 1. The number of ketones is 1. The molecule has 0 amide bonds. The van der Waals surface area contributed by atoms with Gasteiger partial charge in [0, 0.05) is 33.4 Å². The van der Waals surface area contributed by atoms with Gasteiger partial charge in [0.05, 0.1) is 22.3 Å². The van der Waals surface area contributed by atoms with Gasteiger partial charge in [-0.1, -0.05) is 147 Å². The van der Waals surface area contributed by atoms with Crippen LogP contribution in [-0.4, -0.2) is 10.4 Å². The lowest BCUT2D eigenvalue weighted by molar-refractivity contribution is 0.104. The summed E-state index contributed by atoms with van der Waals surface area (Å²) < 4.78 is 2.34. The van der Waals surface area contributed by atoms with Gasteiger partial charge in [0.15, 0.2) is 5.78 Å². The fraction of sp³-hybridized carbons (Fsp3) is 0.0392. The molecule has 0 saturated heterocycles. The first-order valence-corrected chi connectivity index (χ1v) is 18.4. The van der Waals surface area contributed by atoms with Crippen LogP contribution >= 0.6 is 0 Å². The Morgan fingerprint density at radius 1 is 0.574 bits per heavy atom. The summed E-state index contributed by atoms with van der Waals surface area (Å²) >= 11 is 0. The summed E-state index contributed by atoms with van der Waals surface area (Å²) in [5, 5.41) is 2.45. The SMILES string of the molecule is C=C/C=C\C=C/C(C)c1ccc(N(c2ccc(-c3ccc4c(c3)c3ccccc3n4-c3ccccc3)cc2)c2cccc3c2C(=O)c2ccccc2-3)cc1. The smallest absolute Gasteiger partial charge is 0.196 e. The van der Waals surface area contributed by atoms with Crippen LogP contribution in [0.25, 0.3) is 49.7 Å². The molecule has 0 spiro atoms. The van der Waals surface area contributed by atoms with Crippen LogP contribution in [0.2, 0.25) is 0 Å². The molecular weight excluding hydrogens is 657 g/mol. The molecule has 9 rings (SSSR count). The molecule has 3 nitrogen and oxygen atoms in total. The van der Waals surface area contributed by atoms with Crippen LogP contribution in [-0.2, 0) is 0 Å². The molecule has 3 heteroatoms. The minimum Gasteiger partial charge on any atom is -0.310 e. The van der Waals surface area contributed by atoms with Gasteiger partial charge >= 0.3 is 0 Å². The number of para-hydroxylation sites is 2. The van der Waals surface area contributed by atoms with Gasteiger partial charge in [-0.25, -0.2) is 0 Å². The first-order valence-electron chi connectivity index (χ1n) is 18.4. The second-order valence-corrected chi connectivity index (χ2v) is 13.8. The topological polar surface area (TPSA) is 25.2 Å². The molecule has 258 valence electrons. The molecule has 1 aliphatic carbocycles. The Labute approximate surface area is 316 Å². The van der Waals surface area contributed by atoms with Gasteiger partial charge < -0.3 is 9.47 Å². The standard InChI is InChI=1S/C51H38N2O/c1-3-4-5-7-15-35(2)36-24-29-40(30-25-36)52(49-23-14-21-44-42-18-10-11-20-45(42)51(54)50(44)49)41-31-26-37(27-32-41)38-28-33-48-46(34-38)43-19-12-13-22-47(43)53(48)39-16-8-6-9-17-39/h3-35H,1H2,2H3/b5-4-,15-7-. The van der Waals surface area contributed by atoms with E-state index >= 15 is 0 Å². The zero-order chi connectivity index (χ0) is 36.6. The monoisotopic (exact) mass is 694 g/mol. The maximum absolute atomic E-state index is 14.1. The molecule has 1 heterocycles. The highest BCUT2D eigenvalue weighted by atomic mass is 16.1. The third-order valence-electron chi connectivity index (χ3n) is 10.6. The van der Waals surface area contributed by atoms with Gasteiger partial charge in [0.25, 0.3) is 0 Å². The first-order chi connectivity index (χ1) is 26.6. The molecule has 1 unspecified atom stereocenters. The molecule has 8 aromatic rings. The van der Waals surface area contributed by atoms with Gasteiger partial charge in [0.2, 0.25) is 0 Å². The van der Waals surface area contributed by atoms with Gasteiger partial charge in [0.1, 0.15) is 0 Å². The van der Waals surface area contributed by atoms with Crippen LogP contribution < -0.4 is 4.90 Å². The van der Waals surface area contributed by atoms with E-state index in [1.165, 1.54) is 27.4 Å². The molecule has 54 heavy (non-hydrogen) atoms. The average Bonchev–Trinajstić information content (AvgIpc) is 3.72. The number of fused-ring (bicyclic) bond motifs is 6. The quantitative estimate of drug-likeness (QED) is 0.141. The minimum absolute atomic E-state index is 0.0590. The number of rotatable bonds is 9. The Balaban J connectivity index is 1.13. The number of benzene rings is 7. The van der Waals surface area contributed by atoms with E-state index in [0.29, 0.717) is 0 Å². The predicted molar refractivity (Wildman–Crippen MR) is 227 cm³/mol. The zero-order valence-electron chi connectivity index (χ0n) is 30.1.